The SMILES string of the molecule is COc1ccc(S(=O)(=O)N(CC(=O)O)c2ccc(N(CC(=O)O)S(=O)(=O)c3ccc(OC)cc3)c(Oc3ccc4ccccc4c3)c2)cc1. The van der Waals surface area contributed by atoms with Gasteiger partial charge in [0.1, 0.15) is 30.3 Å². The number of nitrogens with zero attached hydrogens (tertiary/aromatic N) is 2. The van der Waals surface area contributed by atoms with Gasteiger partial charge in [-0.1, -0.05) is 30.3 Å². The lowest BCUT2D eigenvalue weighted by molar-refractivity contribution is -0.136. The summed E-state index contributed by atoms with van der Waals surface area (Å²) in [5, 5.41) is 21.2. The number of hydrogen-bond acceptors (Lipinski definition) is 9. The van der Waals surface area contributed by atoms with Gasteiger partial charge in [0.05, 0.1) is 35.4 Å². The number of methoxy groups -OCH3 is 2. The number of fused-ring (bicyclic) bond motifs is 1. The molecule has 0 spiro atoms. The molecule has 13 nitrogen and oxygen atoms in total. The highest BCUT2D eigenvalue weighted by Gasteiger charge is 2.32. The minimum absolute atomic E-state index is 0.199. The first-order valence-corrected chi connectivity index (χ1v) is 17.3. The van der Waals surface area contributed by atoms with E-state index in [-0.39, 0.29) is 32.7 Å². The molecule has 0 radical (unpaired) electrons. The first-order chi connectivity index (χ1) is 23.3. The molecular formula is C34H30N2O11S2. The molecule has 5 aromatic rings. The lowest BCUT2D eigenvalue weighted by Gasteiger charge is -2.28. The van der Waals surface area contributed by atoms with Crippen LogP contribution < -0.4 is 22.8 Å². The van der Waals surface area contributed by atoms with Crippen LogP contribution in [0.3, 0.4) is 0 Å². The Morgan fingerprint density at radius 1 is 0.592 bits per heavy atom. The van der Waals surface area contributed by atoms with Crippen molar-refractivity contribution in [1.29, 1.82) is 0 Å². The number of benzene rings is 5. The van der Waals surface area contributed by atoms with Gasteiger partial charge in [-0.3, -0.25) is 18.2 Å². The predicted octanol–water partition coefficient (Wildman–Crippen LogP) is 5.21. The number of ether oxygens (including phenoxy) is 3. The van der Waals surface area contributed by atoms with E-state index in [1.165, 1.54) is 68.8 Å². The van der Waals surface area contributed by atoms with E-state index in [1.54, 1.807) is 18.2 Å². The van der Waals surface area contributed by atoms with Crippen LogP contribution in [0, 0.1) is 0 Å². The average Bonchev–Trinajstić information content (AvgIpc) is 3.09. The fraction of sp³-hybridized carbons (Fsp3) is 0.118. The highest BCUT2D eigenvalue weighted by molar-refractivity contribution is 7.93. The van der Waals surface area contributed by atoms with E-state index in [2.05, 4.69) is 0 Å². The lowest BCUT2D eigenvalue weighted by atomic mass is 10.1. The Bertz CT molecular complexity index is 2220. The highest BCUT2D eigenvalue weighted by atomic mass is 32.2. The minimum atomic E-state index is -4.57. The first-order valence-electron chi connectivity index (χ1n) is 14.4. The zero-order valence-electron chi connectivity index (χ0n) is 26.1. The van der Waals surface area contributed by atoms with Gasteiger partial charge in [0, 0.05) is 6.07 Å². The monoisotopic (exact) mass is 706 g/mol. The first kappa shape index (κ1) is 34.5. The van der Waals surface area contributed by atoms with Crippen molar-refractivity contribution in [3.05, 3.63) is 109 Å². The van der Waals surface area contributed by atoms with Crippen LogP contribution in [-0.4, -0.2) is 66.3 Å². The van der Waals surface area contributed by atoms with Gasteiger partial charge in [0.15, 0.2) is 5.75 Å². The number of anilines is 2. The highest BCUT2D eigenvalue weighted by Crippen LogP contribution is 2.40. The van der Waals surface area contributed by atoms with Gasteiger partial charge < -0.3 is 24.4 Å². The lowest BCUT2D eigenvalue weighted by Crippen LogP contribution is -2.37. The smallest absolute Gasteiger partial charge is 0.324 e. The summed E-state index contributed by atoms with van der Waals surface area (Å²) < 4.78 is 73.3. The van der Waals surface area contributed by atoms with Gasteiger partial charge in [0.2, 0.25) is 0 Å². The van der Waals surface area contributed by atoms with Crippen LogP contribution in [0.5, 0.6) is 23.0 Å². The van der Waals surface area contributed by atoms with E-state index in [0.29, 0.717) is 20.1 Å². The van der Waals surface area contributed by atoms with E-state index in [0.717, 1.165) is 22.9 Å². The van der Waals surface area contributed by atoms with Gasteiger partial charge in [-0.05, 0) is 83.6 Å². The van der Waals surface area contributed by atoms with E-state index in [4.69, 9.17) is 14.2 Å². The Hall–Kier alpha value is -5.80. The van der Waals surface area contributed by atoms with Crippen molar-refractivity contribution in [2.45, 2.75) is 9.79 Å². The molecular weight excluding hydrogens is 677 g/mol. The van der Waals surface area contributed by atoms with Crippen LogP contribution in [-0.2, 0) is 29.6 Å². The number of aliphatic carboxylic acids is 2. The van der Waals surface area contributed by atoms with Crippen molar-refractivity contribution in [2.75, 3.05) is 35.9 Å². The number of carboxylic acid groups (broad SMARTS) is 2. The minimum Gasteiger partial charge on any atom is -0.497 e. The third-order valence-electron chi connectivity index (χ3n) is 7.30. The summed E-state index contributed by atoms with van der Waals surface area (Å²) in [7, 11) is -6.29. The third kappa shape index (κ3) is 7.52. The number of sulfonamides is 2. The Balaban J connectivity index is 1.70. The molecule has 0 bridgehead atoms. The van der Waals surface area contributed by atoms with Crippen molar-refractivity contribution in [2.24, 2.45) is 0 Å². The Kier molecular flexibility index (Phi) is 9.96. The van der Waals surface area contributed by atoms with Crippen LogP contribution in [0.1, 0.15) is 0 Å². The van der Waals surface area contributed by atoms with Crippen molar-refractivity contribution in [3.8, 4) is 23.0 Å². The molecule has 0 amide bonds. The topological polar surface area (TPSA) is 177 Å². The van der Waals surface area contributed by atoms with Crippen LogP contribution >= 0.6 is 0 Å². The molecule has 49 heavy (non-hydrogen) atoms. The maximum atomic E-state index is 14.0. The molecule has 254 valence electrons. The molecule has 15 heteroatoms. The fourth-order valence-corrected chi connectivity index (χ4v) is 7.74. The summed E-state index contributed by atoms with van der Waals surface area (Å²) in [4.78, 5) is 23.5. The Labute approximate surface area is 282 Å². The number of hydrogen-bond donors (Lipinski definition) is 2. The Morgan fingerprint density at radius 2 is 1.08 bits per heavy atom. The van der Waals surface area contributed by atoms with Gasteiger partial charge in [-0.25, -0.2) is 16.8 Å². The van der Waals surface area contributed by atoms with Gasteiger partial charge >= 0.3 is 11.9 Å². The summed E-state index contributed by atoms with van der Waals surface area (Å²) in [6.07, 6.45) is 0. The molecule has 0 aliphatic carbocycles. The van der Waals surface area contributed by atoms with Crippen molar-refractivity contribution in [3.63, 3.8) is 0 Å². The number of carboxylic acids is 2. The van der Waals surface area contributed by atoms with E-state index in [9.17, 15) is 36.6 Å². The molecule has 5 aromatic carbocycles. The maximum absolute atomic E-state index is 14.0. The van der Waals surface area contributed by atoms with E-state index in [1.807, 2.05) is 24.3 Å². The van der Waals surface area contributed by atoms with Crippen molar-refractivity contribution >= 4 is 54.1 Å². The second-order valence-corrected chi connectivity index (χ2v) is 14.1. The predicted molar refractivity (Wildman–Crippen MR) is 181 cm³/mol. The summed E-state index contributed by atoms with van der Waals surface area (Å²) in [6, 6.07) is 26.4. The van der Waals surface area contributed by atoms with E-state index < -0.39 is 45.1 Å². The molecule has 0 aromatic heterocycles. The molecule has 2 N–H and O–H groups in total. The molecule has 0 saturated heterocycles. The summed E-state index contributed by atoms with van der Waals surface area (Å²) in [6.45, 7) is -2.04. The van der Waals surface area contributed by atoms with Crippen LogP contribution in [0.15, 0.2) is 119 Å². The third-order valence-corrected chi connectivity index (χ3v) is 10.9. The van der Waals surface area contributed by atoms with Gasteiger partial charge in [0.25, 0.3) is 20.0 Å². The van der Waals surface area contributed by atoms with Crippen molar-refractivity contribution in [1.82, 2.24) is 0 Å². The molecule has 0 unspecified atom stereocenters. The Morgan fingerprint density at radius 3 is 1.61 bits per heavy atom. The molecule has 5 rings (SSSR count). The quantitative estimate of drug-likeness (QED) is 0.155. The molecule has 0 heterocycles. The number of carbonyl (C=O) groups is 2. The summed E-state index contributed by atoms with van der Waals surface area (Å²) in [5.74, 6) is -2.30. The van der Waals surface area contributed by atoms with Crippen molar-refractivity contribution < 1.29 is 50.8 Å². The molecule has 0 aliphatic heterocycles. The standard InChI is InChI=1S/C34H30N2O11S2/c1-45-26-10-14-29(15-11-26)48(41,42)35(21-33(37)38)25-8-18-31(32(20-25)47-28-9-7-23-5-3-4-6-24(23)19-28)36(22-34(39)40)49(43,44)30-16-12-27(46-2)13-17-30/h3-20H,21-22H2,1-2H3,(H,37,38)(H,39,40). The molecule has 0 atom stereocenters. The average molecular weight is 707 g/mol. The van der Waals surface area contributed by atoms with E-state index >= 15 is 0 Å². The van der Waals surface area contributed by atoms with Crippen LogP contribution in [0.4, 0.5) is 11.4 Å². The second kappa shape index (κ2) is 14.1. The second-order valence-electron chi connectivity index (χ2n) is 10.4. The fourth-order valence-electron chi connectivity index (χ4n) is 4.91. The zero-order chi connectivity index (χ0) is 35.3. The molecule has 0 fully saturated rings. The van der Waals surface area contributed by atoms with Crippen LogP contribution in [0.25, 0.3) is 10.8 Å². The maximum Gasteiger partial charge on any atom is 0.324 e. The normalized spacial score (nSPS) is 11.5. The molecule has 0 aliphatic rings. The zero-order valence-corrected chi connectivity index (χ0v) is 27.7. The summed E-state index contributed by atoms with van der Waals surface area (Å²) in [5.41, 5.74) is -0.456. The van der Waals surface area contributed by atoms with Crippen LogP contribution in [0.2, 0.25) is 0 Å². The molecule has 0 saturated carbocycles. The summed E-state index contributed by atoms with van der Waals surface area (Å²) >= 11 is 0. The largest absolute Gasteiger partial charge is 0.497 e. The van der Waals surface area contributed by atoms with Gasteiger partial charge in [-0.15, -0.1) is 0 Å². The van der Waals surface area contributed by atoms with Gasteiger partial charge in [-0.2, -0.15) is 0 Å². The number of rotatable bonds is 14.